The molecule has 108 valence electrons. The minimum atomic E-state index is -3.46. The van der Waals surface area contributed by atoms with Crippen molar-refractivity contribution in [2.75, 3.05) is 20.1 Å². The average molecular weight is 284 g/mol. The Labute approximate surface area is 116 Å². The van der Waals surface area contributed by atoms with Crippen molar-refractivity contribution in [1.82, 2.24) is 4.31 Å². The molecule has 4 nitrogen and oxygen atoms in total. The molecule has 1 aromatic rings. The van der Waals surface area contributed by atoms with E-state index in [2.05, 4.69) is 0 Å². The Kier molecular flexibility index (Phi) is 4.76. The quantitative estimate of drug-likeness (QED) is 0.898. The Bertz CT molecular complexity index is 551. The number of nitrogens with two attached hydrogens (primary N) is 1. The summed E-state index contributed by atoms with van der Waals surface area (Å²) < 4.78 is 26.6. The first-order valence-electron chi connectivity index (χ1n) is 6.34. The molecule has 0 amide bonds. The Morgan fingerprint density at radius 3 is 2.37 bits per heavy atom. The minimum Gasteiger partial charge on any atom is -0.330 e. The summed E-state index contributed by atoms with van der Waals surface area (Å²) in [5.74, 6) is 0. The van der Waals surface area contributed by atoms with Crippen molar-refractivity contribution in [3.63, 3.8) is 0 Å². The molecule has 19 heavy (non-hydrogen) atoms. The number of hydrogen-bond acceptors (Lipinski definition) is 3. The highest BCUT2D eigenvalue weighted by Gasteiger charge is 2.28. The number of nitrogens with zero attached hydrogens (tertiary/aromatic N) is 1. The van der Waals surface area contributed by atoms with Gasteiger partial charge in [-0.1, -0.05) is 26.0 Å². The molecular weight excluding hydrogens is 260 g/mol. The van der Waals surface area contributed by atoms with Crippen molar-refractivity contribution in [2.24, 2.45) is 11.1 Å². The number of rotatable bonds is 5. The summed E-state index contributed by atoms with van der Waals surface area (Å²) in [7, 11) is -1.85. The van der Waals surface area contributed by atoms with Gasteiger partial charge >= 0.3 is 0 Å². The maximum absolute atomic E-state index is 12.6. The van der Waals surface area contributed by atoms with Crippen LogP contribution in [0.3, 0.4) is 0 Å². The van der Waals surface area contributed by atoms with E-state index in [-0.39, 0.29) is 5.41 Å². The molecule has 1 rings (SSSR count). The van der Waals surface area contributed by atoms with Crippen LogP contribution < -0.4 is 5.73 Å². The maximum Gasteiger partial charge on any atom is 0.243 e. The Hall–Kier alpha value is -0.910. The summed E-state index contributed by atoms with van der Waals surface area (Å²) in [4.78, 5) is 0.378. The molecule has 0 heterocycles. The van der Waals surface area contributed by atoms with Gasteiger partial charge < -0.3 is 5.73 Å². The highest BCUT2D eigenvalue weighted by Crippen LogP contribution is 2.23. The van der Waals surface area contributed by atoms with Gasteiger partial charge in [-0.2, -0.15) is 0 Å². The van der Waals surface area contributed by atoms with Gasteiger partial charge in [-0.3, -0.25) is 0 Å². The number of sulfonamides is 1. The van der Waals surface area contributed by atoms with E-state index in [4.69, 9.17) is 5.73 Å². The van der Waals surface area contributed by atoms with Crippen molar-refractivity contribution in [1.29, 1.82) is 0 Å². The second kappa shape index (κ2) is 5.61. The van der Waals surface area contributed by atoms with Crippen LogP contribution in [0.1, 0.15) is 25.0 Å². The van der Waals surface area contributed by atoms with E-state index in [1.54, 1.807) is 13.1 Å². The fourth-order valence-electron chi connectivity index (χ4n) is 1.91. The third-order valence-electron chi connectivity index (χ3n) is 3.24. The van der Waals surface area contributed by atoms with E-state index in [0.29, 0.717) is 18.0 Å². The molecule has 0 saturated carbocycles. The van der Waals surface area contributed by atoms with Crippen LogP contribution in [-0.4, -0.2) is 32.9 Å². The minimum absolute atomic E-state index is 0.237. The number of aryl methyl sites for hydroxylation is 2. The van der Waals surface area contributed by atoms with Crippen LogP contribution in [0.5, 0.6) is 0 Å². The van der Waals surface area contributed by atoms with Gasteiger partial charge in [0.25, 0.3) is 0 Å². The second-order valence-corrected chi connectivity index (χ2v) is 7.91. The number of hydrogen-bond donors (Lipinski definition) is 1. The van der Waals surface area contributed by atoms with Crippen molar-refractivity contribution in [3.05, 3.63) is 29.3 Å². The maximum atomic E-state index is 12.6. The molecule has 0 saturated heterocycles. The molecule has 0 atom stereocenters. The molecule has 0 aromatic heterocycles. The van der Waals surface area contributed by atoms with E-state index >= 15 is 0 Å². The molecule has 1 aromatic carbocycles. The normalized spacial score (nSPS) is 13.0. The van der Waals surface area contributed by atoms with E-state index in [0.717, 1.165) is 11.1 Å². The van der Waals surface area contributed by atoms with Crippen LogP contribution in [0.4, 0.5) is 0 Å². The van der Waals surface area contributed by atoms with Gasteiger partial charge in [-0.25, -0.2) is 12.7 Å². The largest absolute Gasteiger partial charge is 0.330 e. The zero-order chi connectivity index (χ0) is 14.8. The van der Waals surface area contributed by atoms with Crippen LogP contribution in [0.15, 0.2) is 23.1 Å². The third-order valence-corrected chi connectivity index (χ3v) is 5.18. The molecule has 0 aliphatic carbocycles. The molecule has 0 fully saturated rings. The lowest BCUT2D eigenvalue weighted by Gasteiger charge is -2.28. The molecule has 0 aliphatic rings. The van der Waals surface area contributed by atoms with Crippen molar-refractivity contribution in [3.8, 4) is 0 Å². The van der Waals surface area contributed by atoms with Gasteiger partial charge in [0, 0.05) is 13.6 Å². The van der Waals surface area contributed by atoms with Crippen LogP contribution in [0.25, 0.3) is 0 Å². The van der Waals surface area contributed by atoms with Crippen molar-refractivity contribution in [2.45, 2.75) is 32.6 Å². The molecule has 2 N–H and O–H groups in total. The van der Waals surface area contributed by atoms with Gasteiger partial charge in [0.05, 0.1) is 4.90 Å². The molecule has 0 spiro atoms. The Morgan fingerprint density at radius 1 is 1.26 bits per heavy atom. The first-order chi connectivity index (χ1) is 8.60. The Morgan fingerprint density at radius 2 is 1.84 bits per heavy atom. The first kappa shape index (κ1) is 16.1. The average Bonchev–Trinajstić information content (AvgIpc) is 2.31. The molecule has 0 unspecified atom stereocenters. The standard InChI is InChI=1S/C14H24N2O2S/c1-11-6-7-12(2)13(8-11)19(17,18)16(5)10-14(3,4)9-15/h6-8H,9-10,15H2,1-5H3. The lowest BCUT2D eigenvalue weighted by atomic mass is 9.94. The summed E-state index contributed by atoms with van der Waals surface area (Å²) in [6.45, 7) is 8.47. The lowest BCUT2D eigenvalue weighted by molar-refractivity contribution is 0.292. The van der Waals surface area contributed by atoms with Crippen LogP contribution in [0, 0.1) is 19.3 Å². The van der Waals surface area contributed by atoms with Gasteiger partial charge in [-0.05, 0) is 43.0 Å². The van der Waals surface area contributed by atoms with Gasteiger partial charge in [0.15, 0.2) is 0 Å². The summed E-state index contributed by atoms with van der Waals surface area (Å²) in [6, 6.07) is 5.47. The summed E-state index contributed by atoms with van der Waals surface area (Å²) in [5.41, 5.74) is 7.14. The van der Waals surface area contributed by atoms with E-state index in [9.17, 15) is 8.42 Å². The molecule has 5 heteroatoms. The van der Waals surface area contributed by atoms with Crippen LogP contribution in [0.2, 0.25) is 0 Å². The fraction of sp³-hybridized carbons (Fsp3) is 0.571. The van der Waals surface area contributed by atoms with E-state index in [1.807, 2.05) is 39.8 Å². The van der Waals surface area contributed by atoms with Crippen molar-refractivity contribution >= 4 is 10.0 Å². The first-order valence-corrected chi connectivity index (χ1v) is 7.78. The van der Waals surface area contributed by atoms with Gasteiger partial charge in [0.2, 0.25) is 10.0 Å². The summed E-state index contributed by atoms with van der Waals surface area (Å²) in [6.07, 6.45) is 0. The number of benzene rings is 1. The second-order valence-electron chi connectivity index (χ2n) is 5.90. The van der Waals surface area contributed by atoms with Gasteiger partial charge in [-0.15, -0.1) is 0 Å². The highest BCUT2D eigenvalue weighted by atomic mass is 32.2. The SMILES string of the molecule is Cc1ccc(C)c(S(=O)(=O)N(C)CC(C)(C)CN)c1. The fourth-order valence-corrected chi connectivity index (χ4v) is 3.57. The molecular formula is C14H24N2O2S. The van der Waals surface area contributed by atoms with E-state index < -0.39 is 10.0 Å². The summed E-state index contributed by atoms with van der Waals surface area (Å²) in [5, 5.41) is 0. The van der Waals surface area contributed by atoms with Crippen LogP contribution in [-0.2, 0) is 10.0 Å². The molecule has 0 aliphatic heterocycles. The third kappa shape index (κ3) is 3.78. The van der Waals surface area contributed by atoms with Crippen LogP contribution >= 0.6 is 0 Å². The van der Waals surface area contributed by atoms with Gasteiger partial charge in [0.1, 0.15) is 0 Å². The zero-order valence-electron chi connectivity index (χ0n) is 12.4. The topological polar surface area (TPSA) is 63.4 Å². The predicted molar refractivity (Wildman–Crippen MR) is 78.6 cm³/mol. The molecule has 0 radical (unpaired) electrons. The van der Waals surface area contributed by atoms with E-state index in [1.165, 1.54) is 4.31 Å². The zero-order valence-corrected chi connectivity index (χ0v) is 13.2. The molecule has 0 bridgehead atoms. The predicted octanol–water partition coefficient (Wildman–Crippen LogP) is 1.91. The highest BCUT2D eigenvalue weighted by molar-refractivity contribution is 7.89. The monoisotopic (exact) mass is 284 g/mol. The smallest absolute Gasteiger partial charge is 0.243 e. The lowest BCUT2D eigenvalue weighted by Crippen LogP contribution is -2.39. The summed E-state index contributed by atoms with van der Waals surface area (Å²) >= 11 is 0. The van der Waals surface area contributed by atoms with Crippen molar-refractivity contribution < 1.29 is 8.42 Å². The Balaban J connectivity index is 3.14.